The third kappa shape index (κ3) is 3.45. The molecule has 98 valence electrons. The molecule has 0 unspecified atom stereocenters. The van der Waals surface area contributed by atoms with Crippen LogP contribution in [0.2, 0.25) is 5.02 Å². The van der Waals surface area contributed by atoms with E-state index >= 15 is 0 Å². The molecule has 4 nitrogen and oxygen atoms in total. The summed E-state index contributed by atoms with van der Waals surface area (Å²) in [4.78, 5) is 10.3. The number of nitro groups is 1. The van der Waals surface area contributed by atoms with Gasteiger partial charge in [0.15, 0.2) is 0 Å². The lowest BCUT2D eigenvalue weighted by Crippen LogP contribution is -2.01. The summed E-state index contributed by atoms with van der Waals surface area (Å²) >= 11 is 6.04. The predicted molar refractivity (Wildman–Crippen MR) is 76.6 cm³/mol. The lowest BCUT2D eigenvalue weighted by molar-refractivity contribution is -0.384. The van der Waals surface area contributed by atoms with Gasteiger partial charge in [-0.1, -0.05) is 23.7 Å². The molecule has 5 heteroatoms. The number of hydrogen-bond donors (Lipinski definition) is 1. The van der Waals surface area contributed by atoms with Crippen LogP contribution < -0.4 is 5.32 Å². The first kappa shape index (κ1) is 13.4. The maximum atomic E-state index is 10.7. The second-order valence-electron chi connectivity index (χ2n) is 4.26. The summed E-state index contributed by atoms with van der Waals surface area (Å²) in [6.07, 6.45) is 0. The van der Waals surface area contributed by atoms with Crippen molar-refractivity contribution in [3.05, 3.63) is 68.7 Å². The molecule has 0 saturated carbocycles. The third-order valence-corrected chi connectivity index (χ3v) is 3.11. The lowest BCUT2D eigenvalue weighted by Gasteiger charge is -2.08. The Morgan fingerprint density at radius 2 is 2.05 bits per heavy atom. The summed E-state index contributed by atoms with van der Waals surface area (Å²) < 4.78 is 0. The quantitative estimate of drug-likeness (QED) is 0.673. The van der Waals surface area contributed by atoms with Crippen LogP contribution in [0.1, 0.15) is 11.1 Å². The fraction of sp³-hybridized carbons (Fsp3) is 0.143. The number of non-ortho nitro benzene ring substituents is 1. The van der Waals surface area contributed by atoms with Gasteiger partial charge in [-0.2, -0.15) is 0 Å². The van der Waals surface area contributed by atoms with Crippen LogP contribution in [-0.4, -0.2) is 4.92 Å². The molecule has 0 bridgehead atoms. The van der Waals surface area contributed by atoms with Gasteiger partial charge >= 0.3 is 0 Å². The van der Waals surface area contributed by atoms with Crippen LogP contribution in [0.15, 0.2) is 42.5 Å². The average Bonchev–Trinajstić information content (AvgIpc) is 2.37. The second kappa shape index (κ2) is 5.71. The Morgan fingerprint density at radius 3 is 2.74 bits per heavy atom. The van der Waals surface area contributed by atoms with Gasteiger partial charge in [0.2, 0.25) is 0 Å². The molecule has 0 aliphatic carbocycles. The molecule has 19 heavy (non-hydrogen) atoms. The summed E-state index contributed by atoms with van der Waals surface area (Å²) in [6.45, 7) is 2.45. The zero-order chi connectivity index (χ0) is 13.8. The normalized spacial score (nSPS) is 10.2. The average molecular weight is 277 g/mol. The molecule has 1 N–H and O–H groups in total. The highest BCUT2D eigenvalue weighted by molar-refractivity contribution is 6.31. The van der Waals surface area contributed by atoms with E-state index in [1.807, 2.05) is 31.2 Å². The van der Waals surface area contributed by atoms with Gasteiger partial charge in [-0.15, -0.1) is 0 Å². The van der Waals surface area contributed by atoms with Crippen molar-refractivity contribution in [1.82, 2.24) is 0 Å². The number of benzene rings is 2. The lowest BCUT2D eigenvalue weighted by atomic mass is 10.2. The first-order valence-electron chi connectivity index (χ1n) is 5.79. The Hall–Kier alpha value is -2.07. The van der Waals surface area contributed by atoms with E-state index in [1.54, 1.807) is 6.07 Å². The molecule has 2 rings (SSSR count). The van der Waals surface area contributed by atoms with Crippen molar-refractivity contribution in [2.75, 3.05) is 5.32 Å². The van der Waals surface area contributed by atoms with E-state index < -0.39 is 4.92 Å². The van der Waals surface area contributed by atoms with Crippen molar-refractivity contribution in [3.63, 3.8) is 0 Å². The summed E-state index contributed by atoms with van der Waals surface area (Å²) in [7, 11) is 0. The minimum absolute atomic E-state index is 0.0467. The molecule has 0 atom stereocenters. The molecule has 0 amide bonds. The largest absolute Gasteiger partial charge is 0.381 e. The summed E-state index contributed by atoms with van der Waals surface area (Å²) in [5, 5.41) is 14.4. The molecule has 0 aromatic heterocycles. The third-order valence-electron chi connectivity index (χ3n) is 2.74. The smallest absolute Gasteiger partial charge is 0.269 e. The molecular formula is C14H13ClN2O2. The van der Waals surface area contributed by atoms with Crippen LogP contribution in [0, 0.1) is 17.0 Å². The van der Waals surface area contributed by atoms with Crippen LogP contribution in [0.25, 0.3) is 0 Å². The highest BCUT2D eigenvalue weighted by Gasteiger charge is 2.09. The molecule has 0 aliphatic heterocycles. The molecule has 0 fully saturated rings. The highest BCUT2D eigenvalue weighted by Crippen LogP contribution is 2.23. The maximum Gasteiger partial charge on any atom is 0.269 e. The van der Waals surface area contributed by atoms with Gasteiger partial charge in [0.1, 0.15) is 0 Å². The van der Waals surface area contributed by atoms with Gasteiger partial charge in [-0.25, -0.2) is 0 Å². The van der Waals surface area contributed by atoms with Gasteiger partial charge in [0.25, 0.3) is 5.69 Å². The van der Waals surface area contributed by atoms with Crippen molar-refractivity contribution < 1.29 is 4.92 Å². The first-order chi connectivity index (χ1) is 9.06. The Labute approximate surface area is 116 Å². The summed E-state index contributed by atoms with van der Waals surface area (Å²) in [5.41, 5.74) is 2.86. The second-order valence-corrected chi connectivity index (χ2v) is 4.66. The molecular weight excluding hydrogens is 264 g/mol. The molecule has 0 spiro atoms. The molecule has 0 radical (unpaired) electrons. The Bertz CT molecular complexity index is 614. The van der Waals surface area contributed by atoms with E-state index in [0.29, 0.717) is 17.1 Å². The van der Waals surface area contributed by atoms with Gasteiger partial charge in [-0.05, 0) is 36.2 Å². The SMILES string of the molecule is Cc1cccc(NCc2cc([N+](=O)[O-])ccc2Cl)c1. The van der Waals surface area contributed by atoms with Gasteiger partial charge in [0.05, 0.1) is 4.92 Å². The Balaban J connectivity index is 2.15. The summed E-state index contributed by atoms with van der Waals surface area (Å²) in [5.74, 6) is 0. The number of nitrogens with one attached hydrogen (secondary N) is 1. The number of anilines is 1. The minimum Gasteiger partial charge on any atom is -0.381 e. The molecule has 0 heterocycles. The number of halogens is 1. The van der Waals surface area contributed by atoms with Crippen LogP contribution in [0.3, 0.4) is 0 Å². The fourth-order valence-corrected chi connectivity index (χ4v) is 1.95. The van der Waals surface area contributed by atoms with Crippen LogP contribution in [-0.2, 0) is 6.54 Å². The zero-order valence-corrected chi connectivity index (χ0v) is 11.1. The number of hydrogen-bond acceptors (Lipinski definition) is 3. The van der Waals surface area contributed by atoms with Gasteiger partial charge in [0, 0.05) is 29.4 Å². The maximum absolute atomic E-state index is 10.7. The van der Waals surface area contributed by atoms with Crippen molar-refractivity contribution >= 4 is 23.0 Å². The number of nitro benzene ring substituents is 1. The minimum atomic E-state index is -0.424. The highest BCUT2D eigenvalue weighted by atomic mass is 35.5. The van der Waals surface area contributed by atoms with Crippen LogP contribution in [0.5, 0.6) is 0 Å². The fourth-order valence-electron chi connectivity index (χ4n) is 1.76. The zero-order valence-electron chi connectivity index (χ0n) is 10.4. The van der Waals surface area contributed by atoms with E-state index in [1.165, 1.54) is 12.1 Å². The standard InChI is InChI=1S/C14H13ClN2O2/c1-10-3-2-4-12(7-10)16-9-11-8-13(17(18)19)5-6-14(11)15/h2-8,16H,9H2,1H3. The summed E-state index contributed by atoms with van der Waals surface area (Å²) in [6, 6.07) is 12.3. The molecule has 2 aromatic carbocycles. The van der Waals surface area contributed by atoms with Crippen LogP contribution in [0.4, 0.5) is 11.4 Å². The number of aryl methyl sites for hydroxylation is 1. The molecule has 0 aliphatic rings. The van der Waals surface area contributed by atoms with Gasteiger partial charge in [-0.3, -0.25) is 10.1 Å². The van der Waals surface area contributed by atoms with Crippen LogP contribution >= 0.6 is 11.6 Å². The topological polar surface area (TPSA) is 55.2 Å². The van der Waals surface area contributed by atoms with Crippen molar-refractivity contribution in [2.24, 2.45) is 0 Å². The Kier molecular flexibility index (Phi) is 4.02. The van der Waals surface area contributed by atoms with Crippen molar-refractivity contribution in [3.8, 4) is 0 Å². The number of rotatable bonds is 4. The molecule has 2 aromatic rings. The predicted octanol–water partition coefficient (Wildman–Crippen LogP) is 4.17. The van der Waals surface area contributed by atoms with E-state index in [-0.39, 0.29) is 5.69 Å². The monoisotopic (exact) mass is 276 g/mol. The van der Waals surface area contributed by atoms with E-state index in [2.05, 4.69) is 5.32 Å². The number of nitrogens with zero attached hydrogens (tertiary/aromatic N) is 1. The van der Waals surface area contributed by atoms with E-state index in [0.717, 1.165) is 11.3 Å². The van der Waals surface area contributed by atoms with Crippen molar-refractivity contribution in [1.29, 1.82) is 0 Å². The Morgan fingerprint density at radius 1 is 1.26 bits per heavy atom. The van der Waals surface area contributed by atoms with Crippen molar-refractivity contribution in [2.45, 2.75) is 13.5 Å². The van der Waals surface area contributed by atoms with E-state index in [9.17, 15) is 10.1 Å². The van der Waals surface area contributed by atoms with Gasteiger partial charge < -0.3 is 5.32 Å². The van der Waals surface area contributed by atoms with E-state index in [4.69, 9.17) is 11.6 Å². The first-order valence-corrected chi connectivity index (χ1v) is 6.17. The molecule has 0 saturated heterocycles.